The smallest absolute Gasteiger partial charge is 0.236 e. The van der Waals surface area contributed by atoms with Gasteiger partial charge >= 0.3 is 0 Å². The topological polar surface area (TPSA) is 74.5 Å². The van der Waals surface area contributed by atoms with Gasteiger partial charge in [0.15, 0.2) is 0 Å². The largest absolute Gasteiger partial charge is 0.343 e. The Morgan fingerprint density at radius 1 is 1.53 bits per heavy atom. The summed E-state index contributed by atoms with van der Waals surface area (Å²) in [6.07, 6.45) is 1.71. The maximum Gasteiger partial charge on any atom is 0.236 e. The van der Waals surface area contributed by atoms with Crippen LogP contribution >= 0.6 is 0 Å². The van der Waals surface area contributed by atoms with E-state index >= 15 is 0 Å². The van der Waals surface area contributed by atoms with Crippen LogP contribution < -0.4 is 11.3 Å². The fourth-order valence-electron chi connectivity index (χ4n) is 1.83. The van der Waals surface area contributed by atoms with Crippen molar-refractivity contribution >= 4 is 11.6 Å². The van der Waals surface area contributed by atoms with Gasteiger partial charge in [0, 0.05) is 32.9 Å². The van der Waals surface area contributed by atoms with E-state index < -0.39 is 0 Å². The van der Waals surface area contributed by atoms with Gasteiger partial charge in [-0.3, -0.25) is 20.5 Å². The molecule has 1 aromatic rings. The summed E-state index contributed by atoms with van der Waals surface area (Å²) in [4.78, 5) is 19.7. The lowest BCUT2D eigenvalue weighted by Gasteiger charge is -2.31. The molecule has 0 saturated carbocycles. The summed E-state index contributed by atoms with van der Waals surface area (Å²) in [5.74, 6) is 5.50. The number of piperazine rings is 1. The number of aromatic nitrogens is 1. The second-order valence-corrected chi connectivity index (χ2v) is 4.21. The average molecular weight is 235 g/mol. The number of hydrazine groups is 1. The zero-order valence-electron chi connectivity index (χ0n) is 9.89. The van der Waals surface area contributed by atoms with Crippen LogP contribution in [0.5, 0.6) is 0 Å². The quantitative estimate of drug-likeness (QED) is 0.553. The lowest BCUT2D eigenvalue weighted by atomic mass is 10.2. The zero-order valence-corrected chi connectivity index (χ0v) is 9.89. The highest BCUT2D eigenvalue weighted by molar-refractivity contribution is 5.78. The predicted octanol–water partition coefficient (Wildman–Crippen LogP) is -0.359. The van der Waals surface area contributed by atoms with Crippen LogP contribution in [0.15, 0.2) is 18.3 Å². The number of nitrogens with zero attached hydrogens (tertiary/aromatic N) is 3. The van der Waals surface area contributed by atoms with Crippen LogP contribution in [0.1, 0.15) is 5.69 Å². The molecule has 0 spiro atoms. The fourth-order valence-corrected chi connectivity index (χ4v) is 1.83. The van der Waals surface area contributed by atoms with Gasteiger partial charge in [0.05, 0.1) is 17.9 Å². The van der Waals surface area contributed by atoms with Gasteiger partial charge in [-0.2, -0.15) is 0 Å². The molecule has 1 aromatic heterocycles. The molecule has 1 aliphatic heterocycles. The van der Waals surface area contributed by atoms with Crippen molar-refractivity contribution in [3.63, 3.8) is 0 Å². The Kier molecular flexibility index (Phi) is 3.55. The summed E-state index contributed by atoms with van der Waals surface area (Å²) in [6.45, 7) is 2.78. The van der Waals surface area contributed by atoms with Gasteiger partial charge in [-0.25, -0.2) is 0 Å². The first kappa shape index (κ1) is 11.8. The van der Waals surface area contributed by atoms with Crippen molar-refractivity contribution in [2.45, 2.75) is 6.54 Å². The Labute approximate surface area is 100 Å². The minimum absolute atomic E-state index is 0.157. The molecule has 1 fully saturated rings. The van der Waals surface area contributed by atoms with Crippen molar-refractivity contribution < 1.29 is 4.79 Å². The highest BCUT2D eigenvalue weighted by Gasteiger charge is 2.20. The van der Waals surface area contributed by atoms with E-state index in [0.29, 0.717) is 13.1 Å². The molecule has 6 heteroatoms. The Hall–Kier alpha value is -1.66. The molecule has 0 unspecified atom stereocenters. The summed E-state index contributed by atoms with van der Waals surface area (Å²) in [7, 11) is 1.83. The molecule has 2 rings (SSSR count). The number of carbonyl (C=O) groups is 1. The minimum Gasteiger partial charge on any atom is -0.343 e. The van der Waals surface area contributed by atoms with Crippen LogP contribution in [0.2, 0.25) is 0 Å². The molecule has 1 amide bonds. The third-order valence-corrected chi connectivity index (χ3v) is 2.91. The molecule has 0 aliphatic carbocycles. The van der Waals surface area contributed by atoms with E-state index in [4.69, 9.17) is 5.84 Å². The number of hydrogen-bond acceptors (Lipinski definition) is 5. The maximum absolute atomic E-state index is 11.5. The molecule has 6 nitrogen and oxygen atoms in total. The fraction of sp³-hybridized carbons (Fsp3) is 0.455. The SMILES string of the molecule is CN1CCN(Cc2cc(NN)ccn2)CC1=O. The molecule has 3 N–H and O–H groups in total. The molecular formula is C11H17N5O. The third kappa shape index (κ3) is 2.92. The van der Waals surface area contributed by atoms with Gasteiger partial charge in [0.25, 0.3) is 0 Å². The summed E-state index contributed by atoms with van der Waals surface area (Å²) in [5.41, 5.74) is 4.33. The lowest BCUT2D eigenvalue weighted by molar-refractivity contribution is -0.134. The summed E-state index contributed by atoms with van der Waals surface area (Å²) in [6, 6.07) is 3.70. The summed E-state index contributed by atoms with van der Waals surface area (Å²) in [5, 5.41) is 0. The first-order valence-electron chi connectivity index (χ1n) is 5.57. The van der Waals surface area contributed by atoms with E-state index in [-0.39, 0.29) is 5.91 Å². The van der Waals surface area contributed by atoms with E-state index in [1.165, 1.54) is 0 Å². The average Bonchev–Trinajstić information content (AvgIpc) is 2.34. The van der Waals surface area contributed by atoms with Crippen molar-refractivity contribution in [1.82, 2.24) is 14.8 Å². The summed E-state index contributed by atoms with van der Waals surface area (Å²) < 4.78 is 0. The van der Waals surface area contributed by atoms with E-state index in [2.05, 4.69) is 15.3 Å². The van der Waals surface area contributed by atoms with Crippen molar-refractivity contribution in [3.8, 4) is 0 Å². The Bertz CT molecular complexity index is 409. The van der Waals surface area contributed by atoms with Gasteiger partial charge in [-0.05, 0) is 12.1 Å². The first-order valence-corrected chi connectivity index (χ1v) is 5.57. The Morgan fingerprint density at radius 2 is 2.35 bits per heavy atom. The van der Waals surface area contributed by atoms with Gasteiger partial charge in [-0.15, -0.1) is 0 Å². The zero-order chi connectivity index (χ0) is 12.3. The Balaban J connectivity index is 1.98. The molecule has 2 heterocycles. The van der Waals surface area contributed by atoms with Gasteiger partial charge in [-0.1, -0.05) is 0 Å². The highest BCUT2D eigenvalue weighted by Crippen LogP contribution is 2.10. The molecule has 92 valence electrons. The normalized spacial score (nSPS) is 17.3. The number of carbonyl (C=O) groups excluding carboxylic acids is 1. The molecule has 0 bridgehead atoms. The van der Waals surface area contributed by atoms with Crippen LogP contribution in [0.3, 0.4) is 0 Å². The molecule has 17 heavy (non-hydrogen) atoms. The number of hydrogen-bond donors (Lipinski definition) is 2. The van der Waals surface area contributed by atoms with Gasteiger partial charge in [0.2, 0.25) is 5.91 Å². The molecule has 1 aliphatic rings. The number of amides is 1. The van der Waals surface area contributed by atoms with Crippen molar-refractivity contribution in [2.24, 2.45) is 5.84 Å². The number of rotatable bonds is 3. The van der Waals surface area contributed by atoms with Crippen LogP contribution in [0.25, 0.3) is 0 Å². The van der Waals surface area contributed by atoms with Gasteiger partial charge < -0.3 is 10.3 Å². The monoisotopic (exact) mass is 235 g/mol. The van der Waals surface area contributed by atoms with E-state index in [0.717, 1.165) is 24.5 Å². The van der Waals surface area contributed by atoms with Crippen LogP contribution in [-0.4, -0.2) is 47.4 Å². The standard InChI is InChI=1S/C11H17N5O/c1-15-4-5-16(8-11(15)17)7-10-6-9(14-12)2-3-13-10/h2-3,6H,4-5,7-8,12H2,1H3,(H,13,14). The minimum atomic E-state index is 0.157. The lowest BCUT2D eigenvalue weighted by Crippen LogP contribution is -2.48. The first-order chi connectivity index (χ1) is 8.19. The number of nitrogens with two attached hydrogens (primary N) is 1. The van der Waals surface area contributed by atoms with E-state index in [1.807, 2.05) is 13.1 Å². The van der Waals surface area contributed by atoms with Gasteiger partial charge in [0.1, 0.15) is 0 Å². The summed E-state index contributed by atoms with van der Waals surface area (Å²) >= 11 is 0. The van der Waals surface area contributed by atoms with E-state index in [9.17, 15) is 4.79 Å². The molecule has 0 radical (unpaired) electrons. The van der Waals surface area contributed by atoms with Crippen LogP contribution in [0, 0.1) is 0 Å². The Morgan fingerprint density at radius 3 is 3.06 bits per heavy atom. The number of nitrogen functional groups attached to an aromatic ring is 1. The molecular weight excluding hydrogens is 218 g/mol. The molecule has 1 saturated heterocycles. The number of anilines is 1. The van der Waals surface area contributed by atoms with E-state index in [1.54, 1.807) is 17.2 Å². The molecule has 0 atom stereocenters. The maximum atomic E-state index is 11.5. The third-order valence-electron chi connectivity index (χ3n) is 2.91. The van der Waals surface area contributed by atoms with Crippen LogP contribution in [0.4, 0.5) is 5.69 Å². The van der Waals surface area contributed by atoms with Crippen molar-refractivity contribution in [2.75, 3.05) is 32.1 Å². The highest BCUT2D eigenvalue weighted by atomic mass is 16.2. The number of likely N-dealkylation sites (N-methyl/N-ethyl adjacent to an activating group) is 1. The number of pyridine rings is 1. The predicted molar refractivity (Wildman–Crippen MR) is 65.0 cm³/mol. The van der Waals surface area contributed by atoms with Crippen LogP contribution in [-0.2, 0) is 11.3 Å². The van der Waals surface area contributed by atoms with Crippen molar-refractivity contribution in [3.05, 3.63) is 24.0 Å². The second kappa shape index (κ2) is 5.11. The molecule has 0 aromatic carbocycles. The second-order valence-electron chi connectivity index (χ2n) is 4.21. The van der Waals surface area contributed by atoms with Crippen molar-refractivity contribution in [1.29, 1.82) is 0 Å². The number of nitrogens with one attached hydrogen (secondary N) is 1.